The second-order valence-electron chi connectivity index (χ2n) is 10.5. The summed E-state index contributed by atoms with van der Waals surface area (Å²) in [6.45, 7) is 7.28. The number of nitrogens with one attached hydrogen (secondary N) is 4. The number of ether oxygens (including phenoxy) is 1. The summed E-state index contributed by atoms with van der Waals surface area (Å²) < 4.78 is 7.15. The number of nitrogens with two attached hydrogens (primary N) is 1. The van der Waals surface area contributed by atoms with Gasteiger partial charge in [-0.15, -0.1) is 0 Å². The van der Waals surface area contributed by atoms with Gasteiger partial charge in [0.15, 0.2) is 23.8 Å². The van der Waals surface area contributed by atoms with Crippen molar-refractivity contribution in [2.24, 2.45) is 0 Å². The maximum Gasteiger partial charge on any atom is 0.252 e. The number of carbonyl (C=O) groups excluding carboxylic acids is 2. The van der Waals surface area contributed by atoms with E-state index in [1.807, 2.05) is 4.90 Å². The predicted molar refractivity (Wildman–Crippen MR) is 152 cm³/mol. The number of hydrogen-bond donors (Lipinski definition) is 7. The third-order valence-corrected chi connectivity index (χ3v) is 7.40. The Kier molecular flexibility index (Phi) is 12.0. The number of amides is 2. The zero-order chi connectivity index (χ0) is 29.0. The molecule has 2 aliphatic heterocycles. The summed E-state index contributed by atoms with van der Waals surface area (Å²) in [5, 5.41) is 34.1. The first-order valence-corrected chi connectivity index (χ1v) is 14.6. The Morgan fingerprint density at radius 3 is 2.51 bits per heavy atom. The minimum Gasteiger partial charge on any atom is -0.387 e. The van der Waals surface area contributed by atoms with Crippen LogP contribution in [0.3, 0.4) is 0 Å². The molecule has 15 nitrogen and oxygen atoms in total. The Bertz CT molecular complexity index is 1100. The topological polar surface area (TPSA) is 205 Å². The van der Waals surface area contributed by atoms with Crippen molar-refractivity contribution in [1.82, 2.24) is 45.7 Å². The number of nitrogens with zero attached hydrogens (tertiary/aromatic N) is 5. The second kappa shape index (κ2) is 15.9. The van der Waals surface area contributed by atoms with Gasteiger partial charge in [0.25, 0.3) is 5.91 Å². The van der Waals surface area contributed by atoms with Crippen LogP contribution < -0.4 is 27.0 Å². The van der Waals surface area contributed by atoms with E-state index in [1.165, 1.54) is 17.2 Å². The molecule has 4 atom stereocenters. The summed E-state index contributed by atoms with van der Waals surface area (Å²) in [6.07, 6.45) is 2.15. The molecule has 15 heteroatoms. The van der Waals surface area contributed by atoms with Crippen molar-refractivity contribution in [3.8, 4) is 0 Å². The second-order valence-corrected chi connectivity index (χ2v) is 10.5. The molecule has 228 valence electrons. The lowest BCUT2D eigenvalue weighted by molar-refractivity contribution is -0.137. The number of rotatable bonds is 8. The maximum absolute atomic E-state index is 12.9. The molecule has 0 radical (unpaired) electrons. The lowest BCUT2D eigenvalue weighted by Crippen LogP contribution is -2.43. The standard InChI is InChI=1S/C26H44N10O5/c27-23-19-24(33-16-32-23)36(17-34-19)26-21(39)20(38)22(41-26)25(40)31-10-3-1-2-6-18(37)35-14-5-9-29-12-11-28-7-4-8-30-13-15-35/h16-17,20-22,26,28-30,38-39H,1-15H2,(H,31,40)(H2,27,32,33)/t20-,21+,22-,26+/m0/s1. The quantitative estimate of drug-likeness (QED) is 0.172. The highest BCUT2D eigenvalue weighted by Crippen LogP contribution is 2.32. The molecule has 2 saturated heterocycles. The van der Waals surface area contributed by atoms with Crippen LogP contribution in [0.15, 0.2) is 12.7 Å². The van der Waals surface area contributed by atoms with Gasteiger partial charge in [0.1, 0.15) is 24.1 Å². The first-order chi connectivity index (χ1) is 20.0. The van der Waals surface area contributed by atoms with Crippen LogP contribution in [-0.4, -0.2) is 124 Å². The fourth-order valence-corrected chi connectivity index (χ4v) is 5.07. The Labute approximate surface area is 239 Å². The van der Waals surface area contributed by atoms with Gasteiger partial charge >= 0.3 is 0 Å². The molecule has 0 aliphatic carbocycles. The van der Waals surface area contributed by atoms with Gasteiger partial charge < -0.3 is 46.9 Å². The fraction of sp³-hybridized carbons (Fsp3) is 0.731. The first kappa shape index (κ1) is 31.0. The van der Waals surface area contributed by atoms with E-state index in [2.05, 4.69) is 36.2 Å². The molecule has 0 spiro atoms. The molecule has 2 aromatic heterocycles. The summed E-state index contributed by atoms with van der Waals surface area (Å²) in [5.41, 5.74) is 6.48. The van der Waals surface area contributed by atoms with E-state index in [9.17, 15) is 19.8 Å². The minimum absolute atomic E-state index is 0.158. The van der Waals surface area contributed by atoms with Crippen LogP contribution in [0, 0.1) is 0 Å². The molecule has 0 saturated carbocycles. The molecular weight excluding hydrogens is 532 g/mol. The van der Waals surface area contributed by atoms with Gasteiger partial charge in [-0.2, -0.15) is 0 Å². The molecule has 2 amide bonds. The Morgan fingerprint density at radius 1 is 0.951 bits per heavy atom. The number of aromatic nitrogens is 4. The number of imidazole rings is 1. The number of fused-ring (bicyclic) bond motifs is 1. The molecule has 41 heavy (non-hydrogen) atoms. The zero-order valence-electron chi connectivity index (χ0n) is 23.5. The molecule has 2 aliphatic rings. The van der Waals surface area contributed by atoms with Crippen LogP contribution in [0.5, 0.6) is 0 Å². The van der Waals surface area contributed by atoms with Crippen LogP contribution >= 0.6 is 0 Å². The first-order valence-electron chi connectivity index (χ1n) is 14.6. The van der Waals surface area contributed by atoms with Crippen LogP contribution in [0.2, 0.25) is 0 Å². The van der Waals surface area contributed by atoms with E-state index in [4.69, 9.17) is 10.5 Å². The van der Waals surface area contributed by atoms with Gasteiger partial charge in [-0.05, 0) is 45.3 Å². The normalized spacial score (nSPS) is 25.2. The molecule has 2 fully saturated rings. The van der Waals surface area contributed by atoms with E-state index in [1.54, 1.807) is 0 Å². The lowest BCUT2D eigenvalue weighted by atomic mass is 10.1. The molecule has 0 bridgehead atoms. The van der Waals surface area contributed by atoms with E-state index < -0.39 is 30.4 Å². The maximum atomic E-state index is 12.9. The highest BCUT2D eigenvalue weighted by atomic mass is 16.6. The van der Waals surface area contributed by atoms with Crippen LogP contribution in [0.4, 0.5) is 5.82 Å². The summed E-state index contributed by atoms with van der Waals surface area (Å²) in [7, 11) is 0. The van der Waals surface area contributed by atoms with E-state index in [0.29, 0.717) is 37.1 Å². The van der Waals surface area contributed by atoms with Crippen LogP contribution in [0.25, 0.3) is 11.2 Å². The number of carbonyl (C=O) groups is 2. The largest absolute Gasteiger partial charge is 0.387 e. The van der Waals surface area contributed by atoms with E-state index >= 15 is 0 Å². The van der Waals surface area contributed by atoms with Gasteiger partial charge in [-0.3, -0.25) is 14.2 Å². The van der Waals surface area contributed by atoms with Gasteiger partial charge in [0, 0.05) is 45.7 Å². The lowest BCUT2D eigenvalue weighted by Gasteiger charge is -2.23. The van der Waals surface area contributed by atoms with E-state index in [0.717, 1.165) is 71.5 Å². The number of aliphatic hydroxyl groups excluding tert-OH is 2. The third-order valence-electron chi connectivity index (χ3n) is 7.40. The average Bonchev–Trinajstić information content (AvgIpc) is 3.53. The highest BCUT2D eigenvalue weighted by molar-refractivity contribution is 5.82. The number of nitrogen functional groups attached to an aromatic ring is 1. The number of anilines is 1. The van der Waals surface area contributed by atoms with Crippen molar-refractivity contribution in [3.63, 3.8) is 0 Å². The highest BCUT2D eigenvalue weighted by Gasteiger charge is 2.47. The van der Waals surface area contributed by atoms with Crippen LogP contribution in [0.1, 0.15) is 44.8 Å². The summed E-state index contributed by atoms with van der Waals surface area (Å²) in [6, 6.07) is 0. The van der Waals surface area contributed by atoms with Gasteiger partial charge in [0.2, 0.25) is 5.91 Å². The van der Waals surface area contributed by atoms with Gasteiger partial charge in [-0.25, -0.2) is 15.0 Å². The van der Waals surface area contributed by atoms with Crippen molar-refractivity contribution in [1.29, 1.82) is 0 Å². The third kappa shape index (κ3) is 8.53. The SMILES string of the molecule is Nc1ncnc2c1ncn2[C@@H]1O[C@H](C(=O)NCCCCCC(=O)N2CCCNCCNCCCNCC2)[C@@H](O)[C@H]1O. The summed E-state index contributed by atoms with van der Waals surface area (Å²) >= 11 is 0. The fourth-order valence-electron chi connectivity index (χ4n) is 5.07. The van der Waals surface area contributed by atoms with E-state index in [-0.39, 0.29) is 11.7 Å². The van der Waals surface area contributed by atoms with Crippen molar-refractivity contribution in [2.45, 2.75) is 63.1 Å². The molecule has 4 rings (SSSR count). The number of hydrogen-bond acceptors (Lipinski definition) is 12. The summed E-state index contributed by atoms with van der Waals surface area (Å²) in [5.74, 6) is -0.183. The molecule has 0 unspecified atom stereocenters. The Hall–Kier alpha value is -2.95. The van der Waals surface area contributed by atoms with Crippen LogP contribution in [-0.2, 0) is 14.3 Å². The van der Waals surface area contributed by atoms with Gasteiger partial charge in [0.05, 0.1) is 6.33 Å². The smallest absolute Gasteiger partial charge is 0.252 e. The van der Waals surface area contributed by atoms with Crippen molar-refractivity contribution in [3.05, 3.63) is 12.7 Å². The number of unbranched alkanes of at least 4 members (excludes halogenated alkanes) is 2. The molecule has 8 N–H and O–H groups in total. The Balaban J connectivity index is 1.16. The van der Waals surface area contributed by atoms with Crippen molar-refractivity contribution < 1.29 is 24.5 Å². The van der Waals surface area contributed by atoms with Crippen molar-refractivity contribution >= 4 is 28.8 Å². The Morgan fingerprint density at radius 2 is 1.71 bits per heavy atom. The number of aliphatic hydroxyl groups is 2. The van der Waals surface area contributed by atoms with Crippen molar-refractivity contribution in [2.75, 3.05) is 64.6 Å². The minimum atomic E-state index is -1.43. The molecule has 4 heterocycles. The zero-order valence-corrected chi connectivity index (χ0v) is 23.5. The molecular formula is C26H44N10O5. The average molecular weight is 577 g/mol. The molecule has 0 aromatic carbocycles. The van der Waals surface area contributed by atoms with Gasteiger partial charge in [-0.1, -0.05) is 6.42 Å². The summed E-state index contributed by atoms with van der Waals surface area (Å²) in [4.78, 5) is 39.7. The predicted octanol–water partition coefficient (Wildman–Crippen LogP) is -1.90. The molecule has 2 aromatic rings. The monoisotopic (exact) mass is 576 g/mol.